The van der Waals surface area contributed by atoms with Crippen LogP contribution < -0.4 is 0 Å². The van der Waals surface area contributed by atoms with E-state index >= 15 is 0 Å². The van der Waals surface area contributed by atoms with E-state index < -0.39 is 0 Å². The van der Waals surface area contributed by atoms with E-state index in [1.807, 2.05) is 24.3 Å². The van der Waals surface area contributed by atoms with Gasteiger partial charge in [-0.1, -0.05) is 76.1 Å². The molecule has 0 unspecified atom stereocenters. The number of hydrogen-bond acceptors (Lipinski definition) is 2. The minimum absolute atomic E-state index is 0.325. The van der Waals surface area contributed by atoms with Gasteiger partial charge in [0.25, 0.3) is 0 Å². The zero-order valence-corrected chi connectivity index (χ0v) is 15.7. The third-order valence-corrected chi connectivity index (χ3v) is 4.98. The number of rotatable bonds is 10. The van der Waals surface area contributed by atoms with Gasteiger partial charge in [0.05, 0.1) is 23.3 Å². The van der Waals surface area contributed by atoms with Crippen molar-refractivity contribution in [2.45, 2.75) is 64.2 Å². The summed E-state index contributed by atoms with van der Waals surface area (Å²) in [5.74, 6) is 0.325. The quantitative estimate of drug-likeness (QED) is 0.450. The summed E-state index contributed by atoms with van der Waals surface area (Å²) in [5.41, 5.74) is 3.89. The zero-order valence-electron chi connectivity index (χ0n) is 15.7. The summed E-state index contributed by atoms with van der Waals surface area (Å²) in [6, 6.07) is 20.3. The Labute approximate surface area is 158 Å². The standard InChI is InChI=1S/C24H28N2/c1-2-3-4-5-6-7-8-9-24(22-14-10-20(18-25)11-15-22)23-16-12-21(19-26)13-17-23/h10-17,24H,2-9H2,1H3. The van der Waals surface area contributed by atoms with Crippen molar-refractivity contribution < 1.29 is 0 Å². The smallest absolute Gasteiger partial charge is 0.0991 e. The summed E-state index contributed by atoms with van der Waals surface area (Å²) in [5, 5.41) is 18.0. The van der Waals surface area contributed by atoms with Crippen molar-refractivity contribution in [3.63, 3.8) is 0 Å². The maximum absolute atomic E-state index is 9.02. The summed E-state index contributed by atoms with van der Waals surface area (Å²) in [7, 11) is 0. The fraction of sp³-hybridized carbons (Fsp3) is 0.417. The van der Waals surface area contributed by atoms with Crippen LogP contribution in [0.4, 0.5) is 0 Å². The van der Waals surface area contributed by atoms with Crippen molar-refractivity contribution >= 4 is 0 Å². The van der Waals surface area contributed by atoms with Crippen molar-refractivity contribution in [1.29, 1.82) is 10.5 Å². The molecule has 0 fully saturated rings. The molecule has 2 aromatic carbocycles. The van der Waals surface area contributed by atoms with Crippen LogP contribution in [-0.4, -0.2) is 0 Å². The van der Waals surface area contributed by atoms with Crippen LogP contribution in [0.5, 0.6) is 0 Å². The Morgan fingerprint density at radius 3 is 1.50 bits per heavy atom. The van der Waals surface area contributed by atoms with Crippen LogP contribution in [-0.2, 0) is 0 Å². The molecule has 2 aromatic rings. The lowest BCUT2D eigenvalue weighted by Gasteiger charge is -2.18. The van der Waals surface area contributed by atoms with Crippen LogP contribution in [0.2, 0.25) is 0 Å². The van der Waals surface area contributed by atoms with E-state index in [1.165, 1.54) is 56.1 Å². The fourth-order valence-electron chi connectivity index (χ4n) is 3.41. The molecule has 2 heteroatoms. The maximum Gasteiger partial charge on any atom is 0.0991 e. The van der Waals surface area contributed by atoms with Gasteiger partial charge in [-0.15, -0.1) is 0 Å². The zero-order chi connectivity index (χ0) is 18.6. The third-order valence-electron chi connectivity index (χ3n) is 4.98. The molecule has 2 nitrogen and oxygen atoms in total. The first-order valence-corrected chi connectivity index (χ1v) is 9.78. The SMILES string of the molecule is CCCCCCCCCC(c1ccc(C#N)cc1)c1ccc(C#N)cc1. The molecule has 0 spiro atoms. The predicted octanol–water partition coefficient (Wildman–Crippen LogP) is 6.70. The minimum atomic E-state index is 0.325. The third kappa shape index (κ3) is 6.05. The normalized spacial score (nSPS) is 10.5. The van der Waals surface area contributed by atoms with Crippen LogP contribution in [0.3, 0.4) is 0 Å². The van der Waals surface area contributed by atoms with Gasteiger partial charge in [-0.2, -0.15) is 10.5 Å². The summed E-state index contributed by atoms with van der Waals surface area (Å²) < 4.78 is 0. The predicted molar refractivity (Wildman–Crippen MR) is 107 cm³/mol. The van der Waals surface area contributed by atoms with Crippen LogP contribution in [0.1, 0.15) is 86.5 Å². The number of nitriles is 2. The lowest BCUT2D eigenvalue weighted by atomic mass is 9.86. The van der Waals surface area contributed by atoms with Crippen molar-refractivity contribution in [2.75, 3.05) is 0 Å². The summed E-state index contributed by atoms with van der Waals surface area (Å²) in [4.78, 5) is 0. The monoisotopic (exact) mass is 344 g/mol. The Bertz CT molecular complexity index is 672. The molecule has 0 saturated heterocycles. The summed E-state index contributed by atoms with van der Waals surface area (Å²) in [6.07, 6.45) is 10.2. The molecule has 0 aliphatic heterocycles. The molecule has 134 valence electrons. The molecule has 0 heterocycles. The molecular weight excluding hydrogens is 316 g/mol. The molecule has 0 aliphatic rings. The van der Waals surface area contributed by atoms with Gasteiger partial charge in [0.2, 0.25) is 0 Å². The highest BCUT2D eigenvalue weighted by molar-refractivity contribution is 5.40. The van der Waals surface area contributed by atoms with Gasteiger partial charge in [0.1, 0.15) is 0 Å². The first kappa shape index (κ1) is 19.7. The van der Waals surface area contributed by atoms with E-state index in [9.17, 15) is 0 Å². The Balaban J connectivity index is 2.03. The first-order valence-electron chi connectivity index (χ1n) is 9.78. The molecule has 0 N–H and O–H groups in total. The molecule has 0 atom stereocenters. The van der Waals surface area contributed by atoms with Crippen molar-refractivity contribution in [2.24, 2.45) is 0 Å². The largest absolute Gasteiger partial charge is 0.192 e. The fourth-order valence-corrected chi connectivity index (χ4v) is 3.41. The molecule has 0 aliphatic carbocycles. The molecule has 2 rings (SSSR count). The molecular formula is C24H28N2. The number of nitrogens with zero attached hydrogens (tertiary/aromatic N) is 2. The van der Waals surface area contributed by atoms with E-state index in [2.05, 4.69) is 43.3 Å². The van der Waals surface area contributed by atoms with Crippen LogP contribution in [0.25, 0.3) is 0 Å². The summed E-state index contributed by atoms with van der Waals surface area (Å²) in [6.45, 7) is 2.25. The van der Waals surface area contributed by atoms with Crippen molar-refractivity contribution in [3.8, 4) is 12.1 Å². The van der Waals surface area contributed by atoms with Gasteiger partial charge < -0.3 is 0 Å². The van der Waals surface area contributed by atoms with Gasteiger partial charge >= 0.3 is 0 Å². The Morgan fingerprint density at radius 2 is 1.08 bits per heavy atom. The number of hydrogen-bond donors (Lipinski definition) is 0. The highest BCUT2D eigenvalue weighted by atomic mass is 14.2. The second-order valence-corrected chi connectivity index (χ2v) is 6.93. The van der Waals surface area contributed by atoms with Crippen molar-refractivity contribution in [3.05, 3.63) is 70.8 Å². The minimum Gasteiger partial charge on any atom is -0.192 e. The summed E-state index contributed by atoms with van der Waals surface area (Å²) >= 11 is 0. The Kier molecular flexibility index (Phi) is 8.44. The number of benzene rings is 2. The molecule has 0 saturated carbocycles. The van der Waals surface area contributed by atoms with Gasteiger partial charge in [0.15, 0.2) is 0 Å². The molecule has 0 amide bonds. The Morgan fingerprint density at radius 1 is 0.654 bits per heavy atom. The molecule has 0 radical (unpaired) electrons. The highest BCUT2D eigenvalue weighted by Crippen LogP contribution is 2.30. The van der Waals surface area contributed by atoms with E-state index in [4.69, 9.17) is 10.5 Å². The lowest BCUT2D eigenvalue weighted by Crippen LogP contribution is -2.02. The second kappa shape index (κ2) is 11.1. The van der Waals surface area contributed by atoms with Gasteiger partial charge in [-0.05, 0) is 41.8 Å². The van der Waals surface area contributed by atoms with Crippen molar-refractivity contribution in [1.82, 2.24) is 0 Å². The molecule has 0 aromatic heterocycles. The van der Waals surface area contributed by atoms with Gasteiger partial charge in [-0.3, -0.25) is 0 Å². The number of unbranched alkanes of at least 4 members (excludes halogenated alkanes) is 6. The van der Waals surface area contributed by atoms with Crippen LogP contribution >= 0.6 is 0 Å². The van der Waals surface area contributed by atoms with Gasteiger partial charge in [0, 0.05) is 5.92 Å². The van der Waals surface area contributed by atoms with Crippen LogP contribution in [0.15, 0.2) is 48.5 Å². The topological polar surface area (TPSA) is 47.6 Å². The lowest BCUT2D eigenvalue weighted by molar-refractivity contribution is 0.559. The average molecular weight is 345 g/mol. The molecule has 0 bridgehead atoms. The first-order chi connectivity index (χ1) is 12.8. The van der Waals surface area contributed by atoms with E-state index in [0.29, 0.717) is 17.0 Å². The van der Waals surface area contributed by atoms with E-state index in [1.54, 1.807) is 0 Å². The molecule has 26 heavy (non-hydrogen) atoms. The maximum atomic E-state index is 9.02. The highest BCUT2D eigenvalue weighted by Gasteiger charge is 2.14. The van der Waals surface area contributed by atoms with E-state index in [0.717, 1.165) is 6.42 Å². The second-order valence-electron chi connectivity index (χ2n) is 6.93. The van der Waals surface area contributed by atoms with Gasteiger partial charge in [-0.25, -0.2) is 0 Å². The average Bonchev–Trinajstić information content (AvgIpc) is 2.70. The van der Waals surface area contributed by atoms with Crippen LogP contribution in [0, 0.1) is 22.7 Å². The Hall–Kier alpha value is -2.58. The van der Waals surface area contributed by atoms with E-state index in [-0.39, 0.29) is 0 Å².